The quantitative estimate of drug-likeness (QED) is 0.471. The second kappa shape index (κ2) is 8.76. The van der Waals surface area contributed by atoms with Crippen LogP contribution in [0.1, 0.15) is 57.9 Å². The van der Waals surface area contributed by atoms with Crippen LogP contribution in [0.15, 0.2) is 9.59 Å². The van der Waals surface area contributed by atoms with Crippen molar-refractivity contribution in [2.75, 3.05) is 13.2 Å². The fourth-order valence-electron chi connectivity index (χ4n) is 3.44. The SMILES string of the molecule is CCOCCn1c(=O)n(C2(C)CC2)c(=O)c2c(C)c(CNNC(=O)OC(C)(C)C)sc21. The summed E-state index contributed by atoms with van der Waals surface area (Å²) in [7, 11) is 0. The van der Waals surface area contributed by atoms with Gasteiger partial charge in [0.1, 0.15) is 10.4 Å². The van der Waals surface area contributed by atoms with Crippen LogP contribution in [0.2, 0.25) is 0 Å². The van der Waals surface area contributed by atoms with Crippen LogP contribution in [-0.4, -0.2) is 34.0 Å². The molecule has 0 bridgehead atoms. The molecule has 0 aromatic carbocycles. The van der Waals surface area contributed by atoms with Gasteiger partial charge in [-0.25, -0.2) is 15.0 Å². The highest BCUT2D eigenvalue weighted by Gasteiger charge is 2.43. The molecule has 31 heavy (non-hydrogen) atoms. The lowest BCUT2D eigenvalue weighted by Crippen LogP contribution is -2.45. The summed E-state index contributed by atoms with van der Waals surface area (Å²) >= 11 is 1.38. The lowest BCUT2D eigenvalue weighted by Gasteiger charge is -2.19. The van der Waals surface area contributed by atoms with E-state index in [0.717, 1.165) is 23.3 Å². The molecule has 0 radical (unpaired) electrons. The van der Waals surface area contributed by atoms with Crippen LogP contribution in [0.4, 0.5) is 4.79 Å². The number of hydrazine groups is 1. The maximum absolute atomic E-state index is 13.3. The number of nitrogens with one attached hydrogen (secondary N) is 2. The van der Waals surface area contributed by atoms with E-state index in [1.807, 2.05) is 20.8 Å². The molecule has 2 aromatic heterocycles. The van der Waals surface area contributed by atoms with Crippen LogP contribution in [0.5, 0.6) is 0 Å². The van der Waals surface area contributed by atoms with Crippen LogP contribution in [-0.2, 0) is 28.1 Å². The minimum absolute atomic E-state index is 0.243. The number of hydrogen-bond donors (Lipinski definition) is 2. The standard InChI is InChI=1S/C21H32N4O5S/c1-7-29-11-10-24-17-15(16(26)25(19(24)28)21(6)8-9-21)13(2)14(31-17)12-22-23-18(27)30-20(3,4)5/h22H,7-12H2,1-6H3,(H,23,27). The summed E-state index contributed by atoms with van der Waals surface area (Å²) in [5, 5.41) is 0.559. The summed E-state index contributed by atoms with van der Waals surface area (Å²) in [5.74, 6) is 0. The van der Waals surface area contributed by atoms with Gasteiger partial charge in [0.05, 0.1) is 24.1 Å². The van der Waals surface area contributed by atoms with E-state index < -0.39 is 17.2 Å². The maximum atomic E-state index is 13.3. The van der Waals surface area contributed by atoms with Crippen molar-refractivity contribution in [3.05, 3.63) is 31.3 Å². The van der Waals surface area contributed by atoms with E-state index >= 15 is 0 Å². The Labute approximate surface area is 185 Å². The van der Waals surface area contributed by atoms with E-state index in [4.69, 9.17) is 9.47 Å². The van der Waals surface area contributed by atoms with Crippen LogP contribution in [0.25, 0.3) is 10.2 Å². The zero-order valence-corrected chi connectivity index (χ0v) is 19.9. The number of fused-ring (bicyclic) bond motifs is 1. The summed E-state index contributed by atoms with van der Waals surface area (Å²) < 4.78 is 13.7. The number of amides is 1. The Kier molecular flexibility index (Phi) is 6.64. The second-order valence-electron chi connectivity index (χ2n) is 9.08. The van der Waals surface area contributed by atoms with Gasteiger partial charge in [-0.15, -0.1) is 11.3 Å². The van der Waals surface area contributed by atoms with Gasteiger partial charge in [0.15, 0.2) is 0 Å². The summed E-state index contributed by atoms with van der Waals surface area (Å²) in [6, 6.07) is 0. The van der Waals surface area contributed by atoms with Gasteiger partial charge in [0, 0.05) is 18.0 Å². The number of aryl methyl sites for hydroxylation is 1. The van der Waals surface area contributed by atoms with E-state index in [2.05, 4.69) is 10.9 Å². The van der Waals surface area contributed by atoms with Gasteiger partial charge in [0.2, 0.25) is 0 Å². The third kappa shape index (κ3) is 5.02. The van der Waals surface area contributed by atoms with Gasteiger partial charge in [-0.05, 0) is 59.9 Å². The molecule has 2 N–H and O–H groups in total. The first-order valence-corrected chi connectivity index (χ1v) is 11.4. The van der Waals surface area contributed by atoms with Crippen molar-refractivity contribution in [1.82, 2.24) is 20.0 Å². The topological polar surface area (TPSA) is 104 Å². The third-order valence-electron chi connectivity index (χ3n) is 5.33. The fourth-order valence-corrected chi connectivity index (χ4v) is 4.69. The minimum Gasteiger partial charge on any atom is -0.443 e. The molecule has 0 aliphatic heterocycles. The molecule has 1 fully saturated rings. The molecule has 9 nitrogen and oxygen atoms in total. The van der Waals surface area contributed by atoms with E-state index in [1.165, 1.54) is 15.9 Å². The Balaban J connectivity index is 1.95. The van der Waals surface area contributed by atoms with Gasteiger partial charge in [0.25, 0.3) is 5.56 Å². The molecule has 2 heterocycles. The summed E-state index contributed by atoms with van der Waals surface area (Å²) in [4.78, 5) is 39.9. The number of carbonyl (C=O) groups excluding carboxylic acids is 1. The maximum Gasteiger partial charge on any atom is 0.422 e. The van der Waals surface area contributed by atoms with Gasteiger partial charge < -0.3 is 9.47 Å². The number of ether oxygens (including phenoxy) is 2. The van der Waals surface area contributed by atoms with E-state index in [-0.39, 0.29) is 11.2 Å². The lowest BCUT2D eigenvalue weighted by atomic mass is 10.2. The number of rotatable bonds is 8. The normalized spacial score (nSPS) is 15.3. The molecule has 1 saturated carbocycles. The smallest absolute Gasteiger partial charge is 0.422 e. The van der Waals surface area contributed by atoms with Crippen molar-refractivity contribution in [2.24, 2.45) is 0 Å². The molecule has 0 spiro atoms. The van der Waals surface area contributed by atoms with Crippen LogP contribution >= 0.6 is 11.3 Å². The predicted molar refractivity (Wildman–Crippen MR) is 121 cm³/mol. The fraction of sp³-hybridized carbons (Fsp3) is 0.667. The zero-order chi connectivity index (χ0) is 23.0. The zero-order valence-electron chi connectivity index (χ0n) is 19.1. The lowest BCUT2D eigenvalue weighted by molar-refractivity contribution is 0.0497. The van der Waals surface area contributed by atoms with Crippen molar-refractivity contribution in [3.63, 3.8) is 0 Å². The average molecular weight is 453 g/mol. The number of nitrogens with zero attached hydrogens (tertiary/aromatic N) is 2. The average Bonchev–Trinajstić information content (AvgIpc) is 3.30. The third-order valence-corrected chi connectivity index (χ3v) is 6.64. The molecule has 0 unspecified atom stereocenters. The van der Waals surface area contributed by atoms with Gasteiger partial charge in [-0.3, -0.25) is 19.4 Å². The highest BCUT2D eigenvalue weighted by atomic mass is 32.1. The molecule has 2 aromatic rings. The molecule has 0 saturated heterocycles. The molecular weight excluding hydrogens is 420 g/mol. The van der Waals surface area contributed by atoms with Crippen molar-refractivity contribution in [3.8, 4) is 0 Å². The van der Waals surface area contributed by atoms with E-state index in [1.54, 1.807) is 25.3 Å². The second-order valence-corrected chi connectivity index (χ2v) is 10.2. The number of hydrogen-bond acceptors (Lipinski definition) is 7. The van der Waals surface area contributed by atoms with Crippen LogP contribution in [0.3, 0.4) is 0 Å². The van der Waals surface area contributed by atoms with E-state index in [0.29, 0.717) is 36.5 Å². The molecule has 172 valence electrons. The highest BCUT2D eigenvalue weighted by Crippen LogP contribution is 2.41. The molecule has 0 atom stereocenters. The van der Waals surface area contributed by atoms with Crippen molar-refractivity contribution in [1.29, 1.82) is 0 Å². The molecular formula is C21H32N4O5S. The van der Waals surface area contributed by atoms with Gasteiger partial charge in [-0.2, -0.15) is 0 Å². The molecule has 1 amide bonds. The largest absolute Gasteiger partial charge is 0.443 e. The Morgan fingerprint density at radius 2 is 1.94 bits per heavy atom. The molecule has 1 aliphatic rings. The predicted octanol–water partition coefficient (Wildman–Crippen LogP) is 2.61. The summed E-state index contributed by atoms with van der Waals surface area (Å²) in [5.41, 5.74) is 4.63. The van der Waals surface area contributed by atoms with Crippen molar-refractivity contribution >= 4 is 27.6 Å². The Bertz CT molecular complexity index is 1090. The Morgan fingerprint density at radius 1 is 1.26 bits per heavy atom. The van der Waals surface area contributed by atoms with Crippen molar-refractivity contribution < 1.29 is 14.3 Å². The first-order valence-electron chi connectivity index (χ1n) is 10.6. The highest BCUT2D eigenvalue weighted by molar-refractivity contribution is 7.18. The Hall–Kier alpha value is -2.17. The van der Waals surface area contributed by atoms with E-state index in [9.17, 15) is 14.4 Å². The minimum atomic E-state index is -0.597. The van der Waals surface area contributed by atoms with Crippen LogP contribution < -0.4 is 22.1 Å². The number of carbonyl (C=O) groups is 1. The monoisotopic (exact) mass is 452 g/mol. The number of aromatic nitrogens is 2. The number of thiophene rings is 1. The molecule has 1 aliphatic carbocycles. The van der Waals surface area contributed by atoms with Gasteiger partial charge in [-0.1, -0.05) is 0 Å². The first kappa shape index (κ1) is 23.5. The Morgan fingerprint density at radius 3 is 2.52 bits per heavy atom. The summed E-state index contributed by atoms with van der Waals surface area (Å²) in [6.07, 6.45) is 1.05. The van der Waals surface area contributed by atoms with Crippen molar-refractivity contribution in [2.45, 2.75) is 78.6 Å². The van der Waals surface area contributed by atoms with Gasteiger partial charge >= 0.3 is 11.8 Å². The first-order chi connectivity index (χ1) is 14.5. The molecule has 3 rings (SSSR count). The van der Waals surface area contributed by atoms with Crippen LogP contribution in [0, 0.1) is 6.92 Å². The summed E-state index contributed by atoms with van der Waals surface area (Å²) in [6.45, 7) is 12.7. The molecule has 10 heteroatoms.